The lowest BCUT2D eigenvalue weighted by atomic mass is 9.95. The number of aryl methyl sites for hydroxylation is 1. The average Bonchev–Trinajstić information content (AvgIpc) is 3.53. The average molecular weight is 583 g/mol. The summed E-state index contributed by atoms with van der Waals surface area (Å²) in [4.78, 5) is 22.0. The molecular weight excluding hydrogens is 556 g/mol. The Morgan fingerprint density at radius 2 is 1.78 bits per heavy atom. The Balaban J connectivity index is 1.55. The number of aliphatic carboxylic acids is 1. The number of hydrogen-bond acceptors (Lipinski definition) is 6. The summed E-state index contributed by atoms with van der Waals surface area (Å²) in [5.41, 5.74) is 5.82. The van der Waals surface area contributed by atoms with Gasteiger partial charge in [0.2, 0.25) is 0 Å². The van der Waals surface area contributed by atoms with E-state index in [4.69, 9.17) is 26.4 Å². The topological polar surface area (TPSA) is 90.1 Å². The van der Waals surface area contributed by atoms with Crippen LogP contribution in [0, 0.1) is 0 Å². The minimum absolute atomic E-state index is 0.567. The number of thiazole rings is 1. The molecule has 1 atom stereocenters. The Morgan fingerprint density at radius 3 is 2.46 bits per heavy atom. The van der Waals surface area contributed by atoms with Crippen LogP contribution in [-0.4, -0.2) is 36.4 Å². The molecule has 0 aliphatic rings. The molecule has 0 saturated carbocycles. The van der Waals surface area contributed by atoms with Crippen LogP contribution < -0.4 is 0 Å². The molecule has 3 heterocycles. The third-order valence-corrected chi connectivity index (χ3v) is 8.10. The molecule has 0 unspecified atom stereocenters. The lowest BCUT2D eigenvalue weighted by molar-refractivity contribution is -0.160. The number of pyridine rings is 1. The third kappa shape index (κ3) is 5.22. The molecular formula is C32H27ClN4O3S. The van der Waals surface area contributed by atoms with Gasteiger partial charge in [0.05, 0.1) is 27.0 Å². The van der Waals surface area contributed by atoms with Crippen LogP contribution >= 0.6 is 22.9 Å². The highest BCUT2D eigenvalue weighted by Gasteiger charge is 2.30. The number of rotatable bonds is 6. The summed E-state index contributed by atoms with van der Waals surface area (Å²) in [6, 6.07) is 23.0. The molecule has 0 fully saturated rings. The van der Waals surface area contributed by atoms with E-state index in [1.807, 2.05) is 87.1 Å². The number of carboxylic acids is 1. The van der Waals surface area contributed by atoms with Gasteiger partial charge in [0.1, 0.15) is 10.7 Å². The van der Waals surface area contributed by atoms with E-state index in [1.54, 1.807) is 18.3 Å². The fraction of sp³-hybridized carbons (Fsp3) is 0.188. The van der Waals surface area contributed by atoms with E-state index in [0.29, 0.717) is 10.6 Å². The van der Waals surface area contributed by atoms with Crippen molar-refractivity contribution in [3.8, 4) is 33.1 Å². The molecule has 0 bridgehead atoms. The number of carbonyl (C=O) groups is 1. The fourth-order valence-electron chi connectivity index (χ4n) is 4.95. The zero-order valence-electron chi connectivity index (χ0n) is 22.9. The smallest absolute Gasteiger partial charge is 0.337 e. The zero-order valence-corrected chi connectivity index (χ0v) is 24.5. The van der Waals surface area contributed by atoms with Crippen molar-refractivity contribution in [3.63, 3.8) is 0 Å². The van der Waals surface area contributed by atoms with Gasteiger partial charge in [-0.05, 0) is 74.9 Å². The first-order valence-corrected chi connectivity index (χ1v) is 14.3. The van der Waals surface area contributed by atoms with E-state index in [2.05, 4.69) is 11.1 Å². The maximum Gasteiger partial charge on any atom is 0.337 e. The maximum atomic E-state index is 12.5. The van der Waals surface area contributed by atoms with Crippen LogP contribution in [0.25, 0.3) is 54.2 Å². The Labute approximate surface area is 246 Å². The van der Waals surface area contributed by atoms with Crippen LogP contribution in [-0.2, 0) is 16.6 Å². The predicted molar refractivity (Wildman–Crippen MR) is 164 cm³/mol. The third-order valence-electron chi connectivity index (χ3n) is 6.71. The minimum Gasteiger partial charge on any atom is -0.479 e. The van der Waals surface area contributed by atoms with Crippen LogP contribution in [0.5, 0.6) is 0 Å². The van der Waals surface area contributed by atoms with Gasteiger partial charge in [-0.2, -0.15) is 5.10 Å². The Hall–Kier alpha value is -4.11. The standard InChI is InChI=1S/C32H27ClN4O3S/c1-32(2,3)40-28(31(38)39)21-13-14-24-29(26(21)18-8-11-20(33)12-9-18)41-30(35-24)19-10-15-25-22(17-19)27(36-37(25)4)23-7-5-6-16-34-23/h5-17,28H,1-4H3,(H,38,39)/t28-/m0/s1. The van der Waals surface area contributed by atoms with Crippen molar-refractivity contribution >= 4 is 50.0 Å². The van der Waals surface area contributed by atoms with Gasteiger partial charge in [0.25, 0.3) is 0 Å². The van der Waals surface area contributed by atoms with Crippen molar-refractivity contribution < 1.29 is 14.6 Å². The summed E-state index contributed by atoms with van der Waals surface area (Å²) < 4.78 is 8.79. The molecule has 6 rings (SSSR count). The molecule has 0 aliphatic carbocycles. The van der Waals surface area contributed by atoms with Crippen molar-refractivity contribution in [2.75, 3.05) is 0 Å². The quantitative estimate of drug-likeness (QED) is 0.213. The van der Waals surface area contributed by atoms with E-state index in [0.717, 1.165) is 54.2 Å². The summed E-state index contributed by atoms with van der Waals surface area (Å²) in [6.45, 7) is 5.55. The van der Waals surface area contributed by atoms with Gasteiger partial charge in [0, 0.05) is 40.3 Å². The van der Waals surface area contributed by atoms with Crippen molar-refractivity contribution in [2.45, 2.75) is 32.5 Å². The zero-order chi connectivity index (χ0) is 28.9. The SMILES string of the molecule is Cn1nc(-c2ccccn2)c2cc(-c3nc4ccc([C@H](OC(C)(C)C)C(=O)O)c(-c5ccc(Cl)cc5)c4s3)ccc21. The van der Waals surface area contributed by atoms with E-state index in [-0.39, 0.29) is 0 Å². The highest BCUT2D eigenvalue weighted by atomic mass is 35.5. The molecule has 6 aromatic rings. The minimum atomic E-state index is -1.16. The fourth-order valence-corrected chi connectivity index (χ4v) is 6.22. The van der Waals surface area contributed by atoms with Gasteiger partial charge in [-0.1, -0.05) is 35.9 Å². The van der Waals surface area contributed by atoms with Crippen molar-refractivity contribution in [1.82, 2.24) is 19.7 Å². The van der Waals surface area contributed by atoms with Crippen molar-refractivity contribution in [1.29, 1.82) is 0 Å². The van der Waals surface area contributed by atoms with E-state index in [9.17, 15) is 9.90 Å². The van der Waals surface area contributed by atoms with Crippen LogP contribution in [0.3, 0.4) is 0 Å². The first kappa shape index (κ1) is 27.1. The Bertz CT molecular complexity index is 1910. The first-order valence-electron chi connectivity index (χ1n) is 13.1. The molecule has 206 valence electrons. The molecule has 9 heteroatoms. The molecule has 41 heavy (non-hydrogen) atoms. The number of nitrogens with zero attached hydrogens (tertiary/aromatic N) is 4. The molecule has 0 spiro atoms. The first-order chi connectivity index (χ1) is 19.6. The number of aromatic nitrogens is 4. The van der Waals surface area contributed by atoms with Crippen LogP contribution in [0.1, 0.15) is 32.4 Å². The normalized spacial score (nSPS) is 12.7. The summed E-state index contributed by atoms with van der Waals surface area (Å²) >= 11 is 7.73. The monoisotopic (exact) mass is 582 g/mol. The summed E-state index contributed by atoms with van der Waals surface area (Å²) in [7, 11) is 1.92. The van der Waals surface area contributed by atoms with Gasteiger partial charge in [-0.25, -0.2) is 9.78 Å². The molecule has 0 aliphatic heterocycles. The summed E-state index contributed by atoms with van der Waals surface area (Å²) in [5, 5.41) is 17.3. The van der Waals surface area contributed by atoms with Gasteiger partial charge in [-0.15, -0.1) is 11.3 Å². The maximum absolute atomic E-state index is 12.5. The van der Waals surface area contributed by atoms with Gasteiger partial charge < -0.3 is 9.84 Å². The molecule has 0 amide bonds. The van der Waals surface area contributed by atoms with Gasteiger partial charge >= 0.3 is 5.97 Å². The second-order valence-corrected chi connectivity index (χ2v) is 12.2. The highest BCUT2D eigenvalue weighted by molar-refractivity contribution is 7.22. The Morgan fingerprint density at radius 1 is 1.02 bits per heavy atom. The summed E-state index contributed by atoms with van der Waals surface area (Å²) in [6.07, 6.45) is 0.597. The number of hydrogen-bond donors (Lipinski definition) is 1. The van der Waals surface area contributed by atoms with E-state index >= 15 is 0 Å². The van der Waals surface area contributed by atoms with Crippen LogP contribution in [0.15, 0.2) is 79.0 Å². The lowest BCUT2D eigenvalue weighted by Gasteiger charge is -2.26. The van der Waals surface area contributed by atoms with Gasteiger partial charge in [0.15, 0.2) is 6.10 Å². The molecule has 3 aromatic heterocycles. The molecule has 0 radical (unpaired) electrons. The number of carboxylic acid groups (broad SMARTS) is 1. The summed E-state index contributed by atoms with van der Waals surface area (Å²) in [5.74, 6) is -1.05. The second kappa shape index (κ2) is 10.4. The Kier molecular flexibility index (Phi) is 6.85. The number of halogens is 1. The molecule has 0 saturated heterocycles. The van der Waals surface area contributed by atoms with E-state index < -0.39 is 17.7 Å². The number of fused-ring (bicyclic) bond motifs is 2. The molecule has 7 nitrogen and oxygen atoms in total. The van der Waals surface area contributed by atoms with Crippen LogP contribution in [0.2, 0.25) is 5.02 Å². The second-order valence-electron chi connectivity index (χ2n) is 10.8. The van der Waals surface area contributed by atoms with Gasteiger partial charge in [-0.3, -0.25) is 9.67 Å². The largest absolute Gasteiger partial charge is 0.479 e. The van der Waals surface area contributed by atoms with Crippen LogP contribution in [0.4, 0.5) is 0 Å². The number of ether oxygens (including phenoxy) is 1. The van der Waals surface area contributed by atoms with Crippen molar-refractivity contribution in [3.05, 3.63) is 89.6 Å². The molecule has 3 aromatic carbocycles. The molecule has 1 N–H and O–H groups in total. The lowest BCUT2D eigenvalue weighted by Crippen LogP contribution is -2.27. The van der Waals surface area contributed by atoms with Crippen molar-refractivity contribution in [2.24, 2.45) is 7.05 Å². The predicted octanol–water partition coefficient (Wildman–Crippen LogP) is 8.17. The van der Waals surface area contributed by atoms with E-state index in [1.165, 1.54) is 11.3 Å². The highest BCUT2D eigenvalue weighted by Crippen LogP contribution is 2.43. The number of benzene rings is 3.